The van der Waals surface area contributed by atoms with Gasteiger partial charge in [-0.15, -0.1) is 0 Å². The highest BCUT2D eigenvalue weighted by molar-refractivity contribution is 5.83. The number of rotatable bonds is 12. The Bertz CT molecular complexity index is 646. The Kier molecular flexibility index (Phi) is 10.6. The quantitative estimate of drug-likeness (QED) is 0.414. The molecule has 0 bridgehead atoms. The van der Waals surface area contributed by atoms with E-state index in [4.69, 9.17) is 9.47 Å². The summed E-state index contributed by atoms with van der Waals surface area (Å²) in [6.07, 6.45) is 2.15. The molecule has 0 aromatic heterocycles. The van der Waals surface area contributed by atoms with Crippen molar-refractivity contribution in [1.82, 2.24) is 10.6 Å². The molecule has 4 atom stereocenters. The highest BCUT2D eigenvalue weighted by Crippen LogP contribution is 2.35. The standard InChI is InChI=1S/C24H44N2O6/c1-9-10-11-18(15(2)3)21(29)25-16(4)12-17(13-19(27)28)26-22(30)20-23(5,6)14-31-24(7,8)32-20/h15-18,20H,9-14H2,1-8H3,(H,25,29)(H,26,30)(H,27,28). The number of hydrogen-bond acceptors (Lipinski definition) is 5. The lowest BCUT2D eigenvalue weighted by Gasteiger charge is -2.45. The lowest BCUT2D eigenvalue weighted by atomic mass is 9.85. The summed E-state index contributed by atoms with van der Waals surface area (Å²) in [5.74, 6) is -2.14. The van der Waals surface area contributed by atoms with Gasteiger partial charge in [0, 0.05) is 23.4 Å². The number of amides is 2. The summed E-state index contributed by atoms with van der Waals surface area (Å²) in [5.41, 5.74) is -0.559. The van der Waals surface area contributed by atoms with Crippen molar-refractivity contribution in [1.29, 1.82) is 0 Å². The van der Waals surface area contributed by atoms with Crippen LogP contribution in [0.5, 0.6) is 0 Å². The first-order valence-electron chi connectivity index (χ1n) is 11.8. The third-order valence-corrected chi connectivity index (χ3v) is 5.95. The summed E-state index contributed by atoms with van der Waals surface area (Å²) in [6.45, 7) is 15.6. The first-order valence-corrected chi connectivity index (χ1v) is 11.8. The van der Waals surface area contributed by atoms with Crippen LogP contribution < -0.4 is 10.6 Å². The van der Waals surface area contributed by atoms with E-state index >= 15 is 0 Å². The smallest absolute Gasteiger partial charge is 0.305 e. The molecule has 32 heavy (non-hydrogen) atoms. The molecular weight excluding hydrogens is 412 g/mol. The van der Waals surface area contributed by atoms with E-state index in [1.54, 1.807) is 13.8 Å². The van der Waals surface area contributed by atoms with Gasteiger partial charge in [0.05, 0.1) is 13.0 Å². The second kappa shape index (κ2) is 12.0. The topological polar surface area (TPSA) is 114 Å². The van der Waals surface area contributed by atoms with Gasteiger partial charge in [-0.1, -0.05) is 47.5 Å². The summed E-state index contributed by atoms with van der Waals surface area (Å²) in [4.78, 5) is 37.3. The van der Waals surface area contributed by atoms with Crippen LogP contribution in [-0.4, -0.2) is 53.5 Å². The normalized spacial score (nSPS) is 22.6. The van der Waals surface area contributed by atoms with Crippen LogP contribution in [0.4, 0.5) is 0 Å². The van der Waals surface area contributed by atoms with Gasteiger partial charge in [0.25, 0.3) is 0 Å². The molecule has 0 saturated carbocycles. The Balaban J connectivity index is 2.82. The van der Waals surface area contributed by atoms with E-state index in [1.807, 2.05) is 34.6 Å². The summed E-state index contributed by atoms with van der Waals surface area (Å²) >= 11 is 0. The Labute approximate surface area is 193 Å². The average Bonchev–Trinajstić information content (AvgIpc) is 2.63. The van der Waals surface area contributed by atoms with E-state index in [2.05, 4.69) is 17.6 Å². The Morgan fingerprint density at radius 1 is 1.09 bits per heavy atom. The summed E-state index contributed by atoms with van der Waals surface area (Å²) in [7, 11) is 0. The van der Waals surface area contributed by atoms with E-state index in [1.165, 1.54) is 0 Å². The van der Waals surface area contributed by atoms with E-state index in [9.17, 15) is 19.5 Å². The lowest BCUT2D eigenvalue weighted by molar-refractivity contribution is -0.304. The summed E-state index contributed by atoms with van der Waals surface area (Å²) < 4.78 is 11.5. The van der Waals surface area contributed by atoms with Crippen LogP contribution in [0, 0.1) is 17.3 Å². The maximum Gasteiger partial charge on any atom is 0.305 e. The van der Waals surface area contributed by atoms with Gasteiger partial charge in [0.15, 0.2) is 5.79 Å². The second-order valence-corrected chi connectivity index (χ2v) is 10.6. The zero-order valence-electron chi connectivity index (χ0n) is 21.1. The van der Waals surface area contributed by atoms with Gasteiger partial charge in [-0.3, -0.25) is 14.4 Å². The van der Waals surface area contributed by atoms with Crippen LogP contribution in [0.15, 0.2) is 0 Å². The highest BCUT2D eigenvalue weighted by atomic mass is 16.7. The highest BCUT2D eigenvalue weighted by Gasteiger charge is 2.46. The monoisotopic (exact) mass is 456 g/mol. The van der Waals surface area contributed by atoms with Crippen molar-refractivity contribution >= 4 is 17.8 Å². The van der Waals surface area contributed by atoms with Crippen molar-refractivity contribution in [3.05, 3.63) is 0 Å². The van der Waals surface area contributed by atoms with Crippen molar-refractivity contribution < 1.29 is 29.0 Å². The predicted molar refractivity (Wildman–Crippen MR) is 123 cm³/mol. The summed E-state index contributed by atoms with van der Waals surface area (Å²) in [5, 5.41) is 15.2. The zero-order chi connectivity index (χ0) is 24.7. The Morgan fingerprint density at radius 2 is 1.72 bits per heavy atom. The molecule has 8 heteroatoms. The first kappa shape index (κ1) is 28.4. The molecule has 8 nitrogen and oxygen atoms in total. The van der Waals surface area contributed by atoms with Crippen molar-refractivity contribution in [3.8, 4) is 0 Å². The molecular formula is C24H44N2O6. The number of hydrogen-bond donors (Lipinski definition) is 3. The molecule has 1 saturated heterocycles. The van der Waals surface area contributed by atoms with Crippen LogP contribution in [0.3, 0.4) is 0 Å². The number of ether oxygens (including phenoxy) is 2. The fourth-order valence-electron chi connectivity index (χ4n) is 4.03. The molecule has 3 N–H and O–H groups in total. The van der Waals surface area contributed by atoms with Crippen molar-refractivity contribution in [2.45, 2.75) is 111 Å². The van der Waals surface area contributed by atoms with Crippen LogP contribution in [0.25, 0.3) is 0 Å². The SMILES string of the molecule is CCCCC(C(=O)NC(C)CC(CC(=O)O)NC(=O)C1OC(C)(C)OCC1(C)C)C(C)C. The van der Waals surface area contributed by atoms with Gasteiger partial charge < -0.3 is 25.2 Å². The van der Waals surface area contributed by atoms with Gasteiger partial charge in [-0.2, -0.15) is 0 Å². The number of carboxylic acid groups (broad SMARTS) is 1. The fourth-order valence-corrected chi connectivity index (χ4v) is 4.03. The molecule has 0 aromatic carbocycles. The van der Waals surface area contributed by atoms with Crippen LogP contribution in [-0.2, 0) is 23.9 Å². The number of carbonyl (C=O) groups is 3. The largest absolute Gasteiger partial charge is 0.481 e. The zero-order valence-corrected chi connectivity index (χ0v) is 21.1. The number of carbonyl (C=O) groups excluding carboxylic acids is 2. The molecule has 1 heterocycles. The average molecular weight is 457 g/mol. The molecule has 1 rings (SSSR count). The lowest BCUT2D eigenvalue weighted by Crippen LogP contribution is -2.58. The van der Waals surface area contributed by atoms with E-state index in [0.717, 1.165) is 19.3 Å². The molecule has 0 aliphatic carbocycles. The molecule has 1 aliphatic rings. The minimum atomic E-state index is -1.01. The maximum absolute atomic E-state index is 13.0. The molecule has 4 unspecified atom stereocenters. The van der Waals surface area contributed by atoms with Gasteiger partial charge in [0.2, 0.25) is 11.8 Å². The van der Waals surface area contributed by atoms with Crippen molar-refractivity contribution in [3.63, 3.8) is 0 Å². The van der Waals surface area contributed by atoms with Gasteiger partial charge in [-0.05, 0) is 39.5 Å². The second-order valence-electron chi connectivity index (χ2n) is 10.6. The maximum atomic E-state index is 13.0. The molecule has 0 spiro atoms. The van der Waals surface area contributed by atoms with Crippen molar-refractivity contribution in [2.24, 2.45) is 17.3 Å². The number of unbranched alkanes of at least 4 members (excludes halogenated alkanes) is 1. The number of nitrogens with one attached hydrogen (secondary N) is 2. The molecule has 1 aliphatic heterocycles. The Morgan fingerprint density at radius 3 is 2.25 bits per heavy atom. The van der Waals surface area contributed by atoms with Gasteiger partial charge in [0.1, 0.15) is 6.10 Å². The van der Waals surface area contributed by atoms with Gasteiger partial charge in [-0.25, -0.2) is 0 Å². The number of aliphatic carboxylic acids is 1. The molecule has 1 fully saturated rings. The summed E-state index contributed by atoms with van der Waals surface area (Å²) in [6, 6.07) is -0.913. The van der Waals surface area contributed by atoms with E-state index in [0.29, 0.717) is 13.0 Å². The predicted octanol–water partition coefficient (Wildman–Crippen LogP) is 3.48. The Hall–Kier alpha value is -1.67. The third-order valence-electron chi connectivity index (χ3n) is 5.95. The molecule has 0 radical (unpaired) electrons. The van der Waals surface area contributed by atoms with Crippen LogP contribution in [0.2, 0.25) is 0 Å². The van der Waals surface area contributed by atoms with Gasteiger partial charge >= 0.3 is 5.97 Å². The molecule has 0 aromatic rings. The van der Waals surface area contributed by atoms with Crippen LogP contribution in [0.1, 0.15) is 87.5 Å². The molecule has 186 valence electrons. The van der Waals surface area contributed by atoms with Crippen LogP contribution >= 0.6 is 0 Å². The van der Waals surface area contributed by atoms with Crippen molar-refractivity contribution in [2.75, 3.05) is 6.61 Å². The minimum absolute atomic E-state index is 0.0167. The third kappa shape index (κ3) is 9.06. The number of carboxylic acids is 1. The van der Waals surface area contributed by atoms with E-state index < -0.39 is 29.3 Å². The molecule has 2 amide bonds. The first-order chi connectivity index (χ1) is 14.7. The van der Waals surface area contributed by atoms with E-state index in [-0.39, 0.29) is 36.1 Å². The minimum Gasteiger partial charge on any atom is -0.481 e. The fraction of sp³-hybridized carbons (Fsp3) is 0.875.